The average Bonchev–Trinajstić information content (AvgIpc) is 2.98. The Morgan fingerprint density at radius 1 is 1.28 bits per heavy atom. The highest BCUT2D eigenvalue weighted by Crippen LogP contribution is 2.24. The Hall–Kier alpha value is -1.32. The molecule has 0 aliphatic heterocycles. The van der Waals surface area contributed by atoms with Gasteiger partial charge in [-0.15, -0.1) is 0 Å². The third kappa shape index (κ3) is 2.42. The van der Waals surface area contributed by atoms with E-state index >= 15 is 0 Å². The van der Waals surface area contributed by atoms with Gasteiger partial charge in [0.15, 0.2) is 0 Å². The molecule has 3 rings (SSSR count). The number of nitrogens with one attached hydrogen (secondary N) is 2. The Morgan fingerprint density at radius 3 is 3.06 bits per heavy atom. The monoisotopic (exact) mass is 244 g/mol. The lowest BCUT2D eigenvalue weighted by molar-refractivity contribution is 0.131. The molecule has 1 saturated carbocycles. The van der Waals surface area contributed by atoms with Crippen molar-refractivity contribution in [3.63, 3.8) is 0 Å². The van der Waals surface area contributed by atoms with Crippen LogP contribution in [0.5, 0.6) is 0 Å². The molecular weight excluding hydrogens is 224 g/mol. The van der Waals surface area contributed by atoms with Crippen molar-refractivity contribution in [3.05, 3.63) is 36.0 Å². The number of aliphatic hydroxyl groups is 1. The molecule has 1 heterocycles. The standard InChI is InChI=1S/C15H20N2O/c18-15-3-1-2-13(15)10-16-9-11-4-5-14-12(8-11)6-7-17-14/h4-8,13,15-18H,1-3,9-10H2. The minimum Gasteiger partial charge on any atom is -0.393 e. The molecule has 0 spiro atoms. The molecule has 3 N–H and O–H groups in total. The molecule has 1 aromatic carbocycles. The Labute approximate surface area is 107 Å². The van der Waals surface area contributed by atoms with Crippen molar-refractivity contribution in [1.82, 2.24) is 10.3 Å². The highest BCUT2D eigenvalue weighted by atomic mass is 16.3. The number of aliphatic hydroxyl groups excluding tert-OH is 1. The van der Waals surface area contributed by atoms with Gasteiger partial charge >= 0.3 is 0 Å². The van der Waals surface area contributed by atoms with Gasteiger partial charge < -0.3 is 15.4 Å². The van der Waals surface area contributed by atoms with Crippen LogP contribution in [-0.4, -0.2) is 22.7 Å². The molecule has 2 atom stereocenters. The van der Waals surface area contributed by atoms with Gasteiger partial charge in [0.2, 0.25) is 0 Å². The first-order chi connectivity index (χ1) is 8.83. The molecule has 0 bridgehead atoms. The number of hydrogen-bond acceptors (Lipinski definition) is 2. The zero-order valence-electron chi connectivity index (χ0n) is 10.5. The molecule has 3 heteroatoms. The quantitative estimate of drug-likeness (QED) is 0.773. The number of aromatic nitrogens is 1. The van der Waals surface area contributed by atoms with E-state index < -0.39 is 0 Å². The largest absolute Gasteiger partial charge is 0.393 e. The third-order valence-electron chi connectivity index (χ3n) is 3.97. The van der Waals surface area contributed by atoms with Crippen molar-refractivity contribution in [2.75, 3.05) is 6.54 Å². The van der Waals surface area contributed by atoms with Gasteiger partial charge in [-0.1, -0.05) is 12.5 Å². The molecule has 0 amide bonds. The van der Waals surface area contributed by atoms with Crippen molar-refractivity contribution in [3.8, 4) is 0 Å². The summed E-state index contributed by atoms with van der Waals surface area (Å²) in [6.45, 7) is 1.80. The van der Waals surface area contributed by atoms with Crippen molar-refractivity contribution < 1.29 is 5.11 Å². The molecule has 3 nitrogen and oxygen atoms in total. The van der Waals surface area contributed by atoms with Gasteiger partial charge in [0.05, 0.1) is 6.10 Å². The number of benzene rings is 1. The molecular formula is C15H20N2O. The van der Waals surface area contributed by atoms with E-state index in [1.165, 1.54) is 22.9 Å². The summed E-state index contributed by atoms with van der Waals surface area (Å²) in [5.41, 5.74) is 2.49. The fourth-order valence-corrected chi connectivity index (χ4v) is 2.87. The first-order valence-corrected chi connectivity index (χ1v) is 6.78. The lowest BCUT2D eigenvalue weighted by Crippen LogP contribution is -2.27. The predicted molar refractivity (Wildman–Crippen MR) is 73.4 cm³/mol. The molecule has 1 aromatic heterocycles. The molecule has 0 radical (unpaired) electrons. The number of fused-ring (bicyclic) bond motifs is 1. The van der Waals surface area contributed by atoms with Gasteiger partial charge in [-0.3, -0.25) is 0 Å². The first-order valence-electron chi connectivity index (χ1n) is 6.78. The van der Waals surface area contributed by atoms with E-state index in [0.29, 0.717) is 5.92 Å². The molecule has 2 aromatic rings. The molecule has 2 unspecified atom stereocenters. The van der Waals surface area contributed by atoms with Crippen LogP contribution in [0, 0.1) is 5.92 Å². The molecule has 1 aliphatic rings. The van der Waals surface area contributed by atoms with Gasteiger partial charge in [0.1, 0.15) is 0 Å². The van der Waals surface area contributed by atoms with Crippen LogP contribution >= 0.6 is 0 Å². The number of aromatic amines is 1. The van der Waals surface area contributed by atoms with Crippen molar-refractivity contribution in [2.24, 2.45) is 5.92 Å². The minimum atomic E-state index is -0.0929. The van der Waals surface area contributed by atoms with Gasteiger partial charge in [0, 0.05) is 24.8 Å². The second kappa shape index (κ2) is 5.12. The summed E-state index contributed by atoms with van der Waals surface area (Å²) >= 11 is 0. The van der Waals surface area contributed by atoms with E-state index in [-0.39, 0.29) is 6.10 Å². The normalized spacial score (nSPS) is 23.8. The summed E-state index contributed by atoms with van der Waals surface area (Å²) in [5, 5.41) is 14.5. The van der Waals surface area contributed by atoms with Crippen LogP contribution in [0.15, 0.2) is 30.5 Å². The van der Waals surface area contributed by atoms with Crippen LogP contribution < -0.4 is 5.32 Å². The molecule has 1 fully saturated rings. The summed E-state index contributed by atoms with van der Waals surface area (Å²) in [6, 6.07) is 8.58. The summed E-state index contributed by atoms with van der Waals surface area (Å²) in [4.78, 5) is 3.20. The van der Waals surface area contributed by atoms with Crippen LogP contribution in [0.25, 0.3) is 10.9 Å². The Bertz CT molecular complexity index is 520. The Morgan fingerprint density at radius 2 is 2.22 bits per heavy atom. The lowest BCUT2D eigenvalue weighted by Gasteiger charge is -2.15. The summed E-state index contributed by atoms with van der Waals surface area (Å²) in [5.74, 6) is 0.445. The van der Waals surface area contributed by atoms with Crippen LogP contribution in [0.4, 0.5) is 0 Å². The van der Waals surface area contributed by atoms with E-state index in [9.17, 15) is 5.11 Å². The first kappa shape index (κ1) is 11.8. The van der Waals surface area contributed by atoms with Crippen LogP contribution in [-0.2, 0) is 6.54 Å². The fraction of sp³-hybridized carbons (Fsp3) is 0.467. The van der Waals surface area contributed by atoms with Gasteiger partial charge in [-0.2, -0.15) is 0 Å². The van der Waals surface area contributed by atoms with E-state index in [1.807, 2.05) is 6.20 Å². The minimum absolute atomic E-state index is 0.0929. The Balaban J connectivity index is 1.56. The maximum atomic E-state index is 9.76. The number of H-pyrrole nitrogens is 1. The summed E-state index contributed by atoms with van der Waals surface area (Å²) < 4.78 is 0. The van der Waals surface area contributed by atoms with Crippen molar-refractivity contribution in [1.29, 1.82) is 0 Å². The number of hydrogen-bond donors (Lipinski definition) is 3. The predicted octanol–water partition coefficient (Wildman–Crippen LogP) is 2.42. The second-order valence-corrected chi connectivity index (χ2v) is 5.29. The maximum Gasteiger partial charge on any atom is 0.0580 e. The summed E-state index contributed by atoms with van der Waals surface area (Å²) in [6.07, 6.45) is 5.18. The van der Waals surface area contributed by atoms with Gasteiger partial charge in [-0.25, -0.2) is 0 Å². The van der Waals surface area contributed by atoms with E-state index in [0.717, 1.165) is 25.9 Å². The van der Waals surface area contributed by atoms with E-state index in [2.05, 4.69) is 34.6 Å². The SMILES string of the molecule is OC1CCCC1CNCc1ccc2[nH]ccc2c1. The third-order valence-corrected chi connectivity index (χ3v) is 3.97. The molecule has 96 valence electrons. The Kier molecular flexibility index (Phi) is 3.35. The fourth-order valence-electron chi connectivity index (χ4n) is 2.87. The van der Waals surface area contributed by atoms with Crippen LogP contribution in [0.2, 0.25) is 0 Å². The second-order valence-electron chi connectivity index (χ2n) is 5.29. The van der Waals surface area contributed by atoms with Crippen molar-refractivity contribution >= 4 is 10.9 Å². The highest BCUT2D eigenvalue weighted by Gasteiger charge is 2.24. The van der Waals surface area contributed by atoms with Gasteiger partial charge in [0.25, 0.3) is 0 Å². The van der Waals surface area contributed by atoms with Crippen molar-refractivity contribution in [2.45, 2.75) is 31.9 Å². The van der Waals surface area contributed by atoms with Crippen LogP contribution in [0.3, 0.4) is 0 Å². The van der Waals surface area contributed by atoms with E-state index in [4.69, 9.17) is 0 Å². The van der Waals surface area contributed by atoms with Gasteiger partial charge in [-0.05, 0) is 47.9 Å². The lowest BCUT2D eigenvalue weighted by atomic mass is 10.1. The average molecular weight is 244 g/mol. The zero-order chi connectivity index (χ0) is 12.4. The summed E-state index contributed by atoms with van der Waals surface area (Å²) in [7, 11) is 0. The zero-order valence-corrected chi connectivity index (χ0v) is 10.5. The van der Waals surface area contributed by atoms with E-state index in [1.54, 1.807) is 0 Å². The topological polar surface area (TPSA) is 48.0 Å². The molecule has 18 heavy (non-hydrogen) atoms. The maximum absolute atomic E-state index is 9.76. The molecule has 1 aliphatic carbocycles. The highest BCUT2D eigenvalue weighted by molar-refractivity contribution is 5.79. The number of rotatable bonds is 4. The smallest absolute Gasteiger partial charge is 0.0580 e. The molecule has 0 saturated heterocycles. The van der Waals surface area contributed by atoms with Crippen LogP contribution in [0.1, 0.15) is 24.8 Å².